The summed E-state index contributed by atoms with van der Waals surface area (Å²) in [4.78, 5) is 20.6. The van der Waals surface area contributed by atoms with Gasteiger partial charge < -0.3 is 4.57 Å². The molecule has 0 saturated carbocycles. The average molecular weight is 398 g/mol. The van der Waals surface area contributed by atoms with Gasteiger partial charge in [0.05, 0.1) is 12.0 Å². The fraction of sp³-hybridized carbons (Fsp3) is 0. The lowest BCUT2D eigenvalue weighted by Gasteiger charge is -2.06. The number of benzene rings is 1. The third-order valence-corrected chi connectivity index (χ3v) is 3.91. The van der Waals surface area contributed by atoms with Crippen LogP contribution in [0.2, 0.25) is 0 Å². The maximum Gasteiger partial charge on any atom is 0.228 e. The maximum atomic E-state index is 13.4. The lowest BCUT2D eigenvalue weighted by molar-refractivity contribution is 0.104. The normalized spacial score (nSPS) is 11.8. The molecule has 25 heavy (non-hydrogen) atoms. The summed E-state index contributed by atoms with van der Waals surface area (Å²) in [5.41, 5.74) is 1.35. The Morgan fingerprint density at radius 2 is 1.96 bits per heavy atom. The highest BCUT2D eigenvalue weighted by atomic mass is 79.9. The smallest absolute Gasteiger partial charge is 0.228 e. The van der Waals surface area contributed by atoms with Crippen LogP contribution in [0.1, 0.15) is 16.1 Å². The number of carbonyl (C=O) groups is 1. The number of carbonyl (C=O) groups excluding carboxylic acids is 1. The number of nitrogens with zero attached hydrogens (tertiary/aromatic N) is 3. The second-order valence-corrected chi connectivity index (χ2v) is 6.04. The molecule has 0 saturated heterocycles. The van der Waals surface area contributed by atoms with E-state index in [1.54, 1.807) is 29.1 Å². The molecule has 3 aromatic rings. The highest BCUT2D eigenvalue weighted by Gasteiger charge is 2.15. The second kappa shape index (κ2) is 7.81. The summed E-state index contributed by atoms with van der Waals surface area (Å²) < 4.78 is 16.0. The number of allylic oxidation sites excluding steroid dienone is 3. The first-order valence-electron chi connectivity index (χ1n) is 7.42. The fourth-order valence-electron chi connectivity index (χ4n) is 2.17. The van der Waals surface area contributed by atoms with Crippen LogP contribution >= 0.6 is 15.9 Å². The summed E-state index contributed by atoms with van der Waals surface area (Å²) in [6.07, 6.45) is 11.3. The van der Waals surface area contributed by atoms with Crippen molar-refractivity contribution in [2.45, 2.75) is 0 Å². The molecule has 0 bridgehead atoms. The minimum atomic E-state index is -0.506. The van der Waals surface area contributed by atoms with Crippen molar-refractivity contribution in [3.8, 4) is 0 Å². The van der Waals surface area contributed by atoms with E-state index in [4.69, 9.17) is 0 Å². The van der Waals surface area contributed by atoms with Crippen LogP contribution in [-0.2, 0) is 0 Å². The van der Waals surface area contributed by atoms with E-state index in [1.165, 1.54) is 18.6 Å². The molecule has 0 aliphatic heterocycles. The molecule has 1 aromatic carbocycles. The third kappa shape index (κ3) is 4.36. The molecular formula is C19H13BrFN3O. The van der Waals surface area contributed by atoms with Crippen LogP contribution in [0.5, 0.6) is 0 Å². The van der Waals surface area contributed by atoms with Crippen molar-refractivity contribution in [1.29, 1.82) is 0 Å². The molecule has 2 heterocycles. The molecular weight excluding hydrogens is 385 g/mol. The predicted molar refractivity (Wildman–Crippen MR) is 98.2 cm³/mol. The topological polar surface area (TPSA) is 47.8 Å². The van der Waals surface area contributed by atoms with Gasteiger partial charge in [-0.05, 0) is 29.8 Å². The Bertz CT molecular complexity index is 932. The molecule has 0 N–H and O–H groups in total. The van der Waals surface area contributed by atoms with Crippen LogP contribution in [-0.4, -0.2) is 20.3 Å². The van der Waals surface area contributed by atoms with Gasteiger partial charge in [-0.15, -0.1) is 0 Å². The molecule has 0 radical (unpaired) electrons. The van der Waals surface area contributed by atoms with Gasteiger partial charge in [0.2, 0.25) is 5.78 Å². The van der Waals surface area contributed by atoms with Crippen LogP contribution < -0.4 is 0 Å². The van der Waals surface area contributed by atoms with Gasteiger partial charge in [0, 0.05) is 29.1 Å². The first-order chi connectivity index (χ1) is 12.1. The van der Waals surface area contributed by atoms with Crippen molar-refractivity contribution in [2.24, 2.45) is 0 Å². The monoisotopic (exact) mass is 397 g/mol. The number of Topliss-reactive ketones (excluding diaryl/α,β-unsaturated/α-hetero) is 1. The van der Waals surface area contributed by atoms with Gasteiger partial charge in [-0.25, -0.2) is 9.37 Å². The average Bonchev–Trinajstić information content (AvgIpc) is 3.14. The largest absolute Gasteiger partial charge is 0.303 e. The van der Waals surface area contributed by atoms with Crippen molar-refractivity contribution >= 4 is 33.5 Å². The molecule has 2 aromatic heterocycles. The number of halogens is 2. The van der Waals surface area contributed by atoms with Crippen molar-refractivity contribution < 1.29 is 9.18 Å². The molecule has 124 valence electrons. The van der Waals surface area contributed by atoms with Crippen molar-refractivity contribution in [3.05, 3.63) is 95.0 Å². The van der Waals surface area contributed by atoms with E-state index in [9.17, 15) is 9.18 Å². The molecule has 0 aliphatic carbocycles. The Balaban J connectivity index is 1.92. The Hall–Kier alpha value is -2.86. The van der Waals surface area contributed by atoms with Gasteiger partial charge >= 0.3 is 0 Å². The predicted octanol–water partition coefficient (Wildman–Crippen LogP) is 4.62. The Kier molecular flexibility index (Phi) is 5.30. The summed E-state index contributed by atoms with van der Waals surface area (Å²) in [7, 11) is 0. The van der Waals surface area contributed by atoms with Crippen molar-refractivity contribution in [1.82, 2.24) is 14.5 Å². The quantitative estimate of drug-likeness (QED) is 0.358. The number of pyridine rings is 1. The van der Waals surface area contributed by atoms with Gasteiger partial charge in [0.1, 0.15) is 11.5 Å². The first kappa shape index (κ1) is 17.0. The molecule has 3 rings (SSSR count). The van der Waals surface area contributed by atoms with Gasteiger partial charge in [-0.2, -0.15) is 0 Å². The minimum Gasteiger partial charge on any atom is -0.303 e. The van der Waals surface area contributed by atoms with Crippen LogP contribution in [0.25, 0.3) is 11.8 Å². The number of rotatable bonds is 5. The number of hydrogen-bond donors (Lipinski definition) is 0. The Labute approximate surface area is 152 Å². The zero-order chi connectivity index (χ0) is 17.6. The van der Waals surface area contributed by atoms with Crippen molar-refractivity contribution in [3.63, 3.8) is 0 Å². The number of ketones is 1. The van der Waals surface area contributed by atoms with E-state index in [1.807, 2.05) is 30.3 Å². The Morgan fingerprint density at radius 1 is 1.16 bits per heavy atom. The highest BCUT2D eigenvalue weighted by Crippen LogP contribution is 2.15. The van der Waals surface area contributed by atoms with E-state index in [0.29, 0.717) is 5.70 Å². The molecule has 0 aliphatic rings. The van der Waals surface area contributed by atoms with Crippen LogP contribution in [0.4, 0.5) is 4.39 Å². The number of aromatic nitrogens is 3. The van der Waals surface area contributed by atoms with Gasteiger partial charge in [-0.1, -0.05) is 40.2 Å². The summed E-state index contributed by atoms with van der Waals surface area (Å²) in [5, 5.41) is 0. The second-order valence-electron chi connectivity index (χ2n) is 5.12. The minimum absolute atomic E-state index is 0.0389. The van der Waals surface area contributed by atoms with E-state index in [0.717, 1.165) is 16.1 Å². The van der Waals surface area contributed by atoms with Crippen molar-refractivity contribution in [2.75, 3.05) is 0 Å². The molecule has 0 fully saturated rings. The summed E-state index contributed by atoms with van der Waals surface area (Å²) in [5.74, 6) is -0.897. The standard InChI is InChI=1S/C19H13BrFN3O/c20-15-6-4-14(5-7-15)2-1-3-18(24-11-10-22-13-24)19(25)17-12-16(21)8-9-23-17/h1-13H/b2-1+,18-3-. The summed E-state index contributed by atoms with van der Waals surface area (Å²) in [6.45, 7) is 0. The van der Waals surface area contributed by atoms with Crippen LogP contribution in [0.15, 0.2) is 77.9 Å². The third-order valence-electron chi connectivity index (χ3n) is 3.38. The van der Waals surface area contributed by atoms with E-state index in [2.05, 4.69) is 25.9 Å². The number of hydrogen-bond acceptors (Lipinski definition) is 3. The zero-order valence-electron chi connectivity index (χ0n) is 13.0. The summed E-state index contributed by atoms with van der Waals surface area (Å²) in [6, 6.07) is 10.1. The van der Waals surface area contributed by atoms with Gasteiger partial charge in [0.15, 0.2) is 0 Å². The van der Waals surface area contributed by atoms with E-state index < -0.39 is 11.6 Å². The van der Waals surface area contributed by atoms with E-state index in [-0.39, 0.29) is 5.69 Å². The highest BCUT2D eigenvalue weighted by molar-refractivity contribution is 9.10. The van der Waals surface area contributed by atoms with Crippen LogP contribution in [0, 0.1) is 5.82 Å². The van der Waals surface area contributed by atoms with Gasteiger partial charge in [0.25, 0.3) is 0 Å². The maximum absolute atomic E-state index is 13.4. The zero-order valence-corrected chi connectivity index (χ0v) is 14.6. The number of imidazole rings is 1. The molecule has 0 spiro atoms. The lowest BCUT2D eigenvalue weighted by Crippen LogP contribution is -2.10. The molecule has 0 unspecified atom stereocenters. The molecule has 4 nitrogen and oxygen atoms in total. The molecule has 6 heteroatoms. The van der Waals surface area contributed by atoms with Crippen LogP contribution in [0.3, 0.4) is 0 Å². The molecule has 0 atom stereocenters. The molecule has 0 amide bonds. The summed E-state index contributed by atoms with van der Waals surface area (Å²) >= 11 is 3.39. The Morgan fingerprint density at radius 3 is 2.64 bits per heavy atom. The first-order valence-corrected chi connectivity index (χ1v) is 8.21. The lowest BCUT2D eigenvalue weighted by atomic mass is 10.1. The van der Waals surface area contributed by atoms with Gasteiger partial charge in [-0.3, -0.25) is 9.78 Å². The van der Waals surface area contributed by atoms with E-state index >= 15 is 0 Å². The fourth-order valence-corrected chi connectivity index (χ4v) is 2.43. The SMILES string of the molecule is O=C(/C(=C/C=C/c1ccc(Br)cc1)n1ccnc1)c1cc(F)ccn1.